The molecule has 94 valence electrons. The Morgan fingerprint density at radius 1 is 1.25 bits per heavy atom. The number of hydrogen-bond donors (Lipinski definition) is 1. The smallest absolute Gasteiger partial charge is 0.193 e. The number of rotatable bonds is 4. The van der Waals surface area contributed by atoms with Crippen LogP contribution in [0.2, 0.25) is 0 Å². The van der Waals surface area contributed by atoms with Gasteiger partial charge in [-0.25, -0.2) is 0 Å². The molecule has 2 saturated heterocycles. The molecule has 0 amide bonds. The van der Waals surface area contributed by atoms with E-state index < -0.39 is 0 Å². The standard InChI is InChI=1S/C12H24N2O2/c1-11(5-4-6-13-7-11)8-14-9-12(10-14,15-2)16-3/h13H,4-10H2,1-3H3. The predicted molar refractivity (Wildman–Crippen MR) is 63.4 cm³/mol. The minimum absolute atomic E-state index is 0.335. The Kier molecular flexibility index (Phi) is 3.54. The number of hydrogen-bond acceptors (Lipinski definition) is 4. The van der Waals surface area contributed by atoms with Crippen molar-refractivity contribution >= 4 is 0 Å². The fourth-order valence-corrected chi connectivity index (χ4v) is 2.88. The minimum Gasteiger partial charge on any atom is -0.351 e. The second-order valence-corrected chi connectivity index (χ2v) is 5.56. The van der Waals surface area contributed by atoms with Gasteiger partial charge in [0.1, 0.15) is 0 Å². The molecule has 0 aromatic carbocycles. The van der Waals surface area contributed by atoms with Crippen LogP contribution in [0.4, 0.5) is 0 Å². The van der Waals surface area contributed by atoms with Gasteiger partial charge < -0.3 is 14.8 Å². The number of nitrogens with one attached hydrogen (secondary N) is 1. The maximum atomic E-state index is 5.40. The summed E-state index contributed by atoms with van der Waals surface area (Å²) < 4.78 is 10.8. The van der Waals surface area contributed by atoms with Crippen molar-refractivity contribution in [1.82, 2.24) is 10.2 Å². The Labute approximate surface area is 98.3 Å². The molecule has 0 aromatic rings. The number of piperidine rings is 1. The van der Waals surface area contributed by atoms with E-state index in [1.54, 1.807) is 14.2 Å². The molecule has 2 aliphatic heterocycles. The zero-order chi connectivity index (χ0) is 11.6. The van der Waals surface area contributed by atoms with Gasteiger partial charge in [0.05, 0.1) is 13.1 Å². The molecule has 2 heterocycles. The zero-order valence-electron chi connectivity index (χ0n) is 10.7. The van der Waals surface area contributed by atoms with Crippen LogP contribution in [0.3, 0.4) is 0 Å². The minimum atomic E-state index is -0.335. The fourth-order valence-electron chi connectivity index (χ4n) is 2.88. The van der Waals surface area contributed by atoms with Gasteiger partial charge in [-0.15, -0.1) is 0 Å². The Balaban J connectivity index is 1.80. The topological polar surface area (TPSA) is 33.7 Å². The molecule has 0 radical (unpaired) electrons. The molecule has 16 heavy (non-hydrogen) atoms. The molecule has 0 aliphatic carbocycles. The highest BCUT2D eigenvalue weighted by Crippen LogP contribution is 2.32. The van der Waals surface area contributed by atoms with Crippen LogP contribution >= 0.6 is 0 Å². The monoisotopic (exact) mass is 228 g/mol. The molecule has 0 spiro atoms. The van der Waals surface area contributed by atoms with E-state index in [-0.39, 0.29) is 5.79 Å². The third kappa shape index (κ3) is 2.40. The van der Waals surface area contributed by atoms with Gasteiger partial charge in [-0.2, -0.15) is 0 Å². The lowest BCUT2D eigenvalue weighted by Crippen LogP contribution is -2.66. The van der Waals surface area contributed by atoms with Crippen LogP contribution in [-0.4, -0.2) is 57.6 Å². The van der Waals surface area contributed by atoms with Gasteiger partial charge in [0.2, 0.25) is 0 Å². The van der Waals surface area contributed by atoms with Gasteiger partial charge >= 0.3 is 0 Å². The molecule has 0 aromatic heterocycles. The summed E-state index contributed by atoms with van der Waals surface area (Å²) in [4.78, 5) is 2.43. The second-order valence-electron chi connectivity index (χ2n) is 5.56. The Bertz CT molecular complexity index is 227. The molecule has 1 atom stereocenters. The van der Waals surface area contributed by atoms with Crippen molar-refractivity contribution in [3.8, 4) is 0 Å². The third-order valence-corrected chi connectivity index (χ3v) is 3.96. The number of ether oxygens (including phenoxy) is 2. The normalized spacial score (nSPS) is 34.7. The SMILES string of the molecule is COC1(OC)CN(CC2(C)CCCNC2)C1. The van der Waals surface area contributed by atoms with E-state index in [1.165, 1.54) is 19.4 Å². The average molecular weight is 228 g/mol. The maximum Gasteiger partial charge on any atom is 0.193 e. The summed E-state index contributed by atoms with van der Waals surface area (Å²) in [5.41, 5.74) is 0.423. The number of methoxy groups -OCH3 is 2. The zero-order valence-corrected chi connectivity index (χ0v) is 10.7. The van der Waals surface area contributed by atoms with E-state index in [2.05, 4.69) is 17.1 Å². The molecular weight excluding hydrogens is 204 g/mol. The number of likely N-dealkylation sites (tertiary alicyclic amines) is 1. The molecule has 1 unspecified atom stereocenters. The van der Waals surface area contributed by atoms with Crippen molar-refractivity contribution in [2.24, 2.45) is 5.41 Å². The van der Waals surface area contributed by atoms with Crippen LogP contribution in [-0.2, 0) is 9.47 Å². The lowest BCUT2D eigenvalue weighted by atomic mass is 9.81. The molecule has 1 N–H and O–H groups in total. The van der Waals surface area contributed by atoms with Crippen LogP contribution in [0, 0.1) is 5.41 Å². The highest BCUT2D eigenvalue weighted by Gasteiger charge is 2.45. The van der Waals surface area contributed by atoms with Gasteiger partial charge in [0.15, 0.2) is 5.79 Å². The van der Waals surface area contributed by atoms with Crippen molar-refractivity contribution < 1.29 is 9.47 Å². The summed E-state index contributed by atoms with van der Waals surface area (Å²) in [5.74, 6) is -0.335. The first-order valence-corrected chi connectivity index (χ1v) is 6.15. The molecule has 2 fully saturated rings. The van der Waals surface area contributed by atoms with Gasteiger partial charge in [-0.1, -0.05) is 6.92 Å². The quantitative estimate of drug-likeness (QED) is 0.718. The van der Waals surface area contributed by atoms with E-state index in [9.17, 15) is 0 Å². The van der Waals surface area contributed by atoms with Gasteiger partial charge in [0.25, 0.3) is 0 Å². The summed E-state index contributed by atoms with van der Waals surface area (Å²) in [6, 6.07) is 0. The Morgan fingerprint density at radius 2 is 1.94 bits per heavy atom. The van der Waals surface area contributed by atoms with Crippen molar-refractivity contribution in [3.05, 3.63) is 0 Å². The molecule has 4 nitrogen and oxygen atoms in total. The van der Waals surface area contributed by atoms with Crippen LogP contribution in [0.25, 0.3) is 0 Å². The third-order valence-electron chi connectivity index (χ3n) is 3.96. The first-order valence-electron chi connectivity index (χ1n) is 6.15. The lowest BCUT2D eigenvalue weighted by molar-refractivity contribution is -0.278. The summed E-state index contributed by atoms with van der Waals surface area (Å²) in [5, 5.41) is 3.49. The largest absolute Gasteiger partial charge is 0.351 e. The summed E-state index contributed by atoms with van der Waals surface area (Å²) in [6.45, 7) is 7.63. The first-order chi connectivity index (χ1) is 7.61. The molecule has 2 aliphatic rings. The van der Waals surface area contributed by atoms with E-state index in [1.807, 2.05) is 0 Å². The maximum absolute atomic E-state index is 5.40. The predicted octanol–water partition coefficient (Wildman–Crippen LogP) is 0.681. The fraction of sp³-hybridized carbons (Fsp3) is 1.00. The van der Waals surface area contributed by atoms with E-state index >= 15 is 0 Å². The molecule has 4 heteroatoms. The Hall–Kier alpha value is -0.160. The van der Waals surface area contributed by atoms with Crippen LogP contribution in [0.1, 0.15) is 19.8 Å². The second kappa shape index (κ2) is 4.61. The van der Waals surface area contributed by atoms with Crippen LogP contribution < -0.4 is 5.32 Å². The lowest BCUT2D eigenvalue weighted by Gasteiger charge is -2.51. The highest BCUT2D eigenvalue weighted by molar-refractivity contribution is 4.94. The summed E-state index contributed by atoms with van der Waals surface area (Å²) in [6.07, 6.45) is 2.62. The molecule has 0 bridgehead atoms. The Morgan fingerprint density at radius 3 is 2.44 bits per heavy atom. The van der Waals surface area contributed by atoms with Gasteiger partial charge in [0, 0.05) is 27.3 Å². The average Bonchev–Trinajstić information content (AvgIpc) is 2.24. The highest BCUT2D eigenvalue weighted by atomic mass is 16.7. The van der Waals surface area contributed by atoms with Crippen molar-refractivity contribution in [2.45, 2.75) is 25.6 Å². The molecule has 2 rings (SSSR count). The van der Waals surface area contributed by atoms with E-state index in [4.69, 9.17) is 9.47 Å². The van der Waals surface area contributed by atoms with Crippen LogP contribution in [0.5, 0.6) is 0 Å². The van der Waals surface area contributed by atoms with Gasteiger partial charge in [-0.05, 0) is 24.8 Å². The molecular formula is C12H24N2O2. The van der Waals surface area contributed by atoms with Crippen molar-refractivity contribution in [3.63, 3.8) is 0 Å². The van der Waals surface area contributed by atoms with Crippen LogP contribution in [0.15, 0.2) is 0 Å². The number of nitrogens with zero attached hydrogens (tertiary/aromatic N) is 1. The van der Waals surface area contributed by atoms with E-state index in [0.29, 0.717) is 5.41 Å². The van der Waals surface area contributed by atoms with Crippen molar-refractivity contribution in [1.29, 1.82) is 0 Å². The summed E-state index contributed by atoms with van der Waals surface area (Å²) in [7, 11) is 3.45. The van der Waals surface area contributed by atoms with Crippen molar-refractivity contribution in [2.75, 3.05) is 46.9 Å². The summed E-state index contributed by atoms with van der Waals surface area (Å²) >= 11 is 0. The first kappa shape index (κ1) is 12.3. The van der Waals surface area contributed by atoms with E-state index in [0.717, 1.165) is 26.2 Å². The van der Waals surface area contributed by atoms with Gasteiger partial charge in [-0.3, -0.25) is 4.90 Å². The molecule has 0 saturated carbocycles.